The number of hydrogen-bond acceptors (Lipinski definition) is 6. The lowest BCUT2D eigenvalue weighted by atomic mass is 10.2. The summed E-state index contributed by atoms with van der Waals surface area (Å²) >= 11 is 0. The molecule has 1 aromatic heterocycles. The molecule has 90 valence electrons. The fraction of sp³-hybridized carbons (Fsp3) is 0.125. The Labute approximate surface area is 96.6 Å². The van der Waals surface area contributed by atoms with Gasteiger partial charge < -0.3 is 9.84 Å². The molecule has 0 unspecified atom stereocenters. The van der Waals surface area contributed by atoms with Crippen LogP contribution in [0.5, 0.6) is 5.75 Å². The number of aromatic nitrogens is 1. The van der Waals surface area contributed by atoms with Crippen molar-refractivity contribution in [3.8, 4) is 5.75 Å². The molecular formula is C8H6N2O6S. The second kappa shape index (κ2) is 5.16. The van der Waals surface area contributed by atoms with E-state index >= 15 is 0 Å². The summed E-state index contributed by atoms with van der Waals surface area (Å²) in [6.45, 7) is 0. The van der Waals surface area contributed by atoms with Crippen molar-refractivity contribution in [3.63, 3.8) is 0 Å². The number of carbonyl (C=O) groups excluding carboxylic acids is 1. The lowest BCUT2D eigenvalue weighted by molar-refractivity contribution is 0.0685. The Kier molecular flexibility index (Phi) is 3.88. The van der Waals surface area contributed by atoms with Gasteiger partial charge in [-0.05, 0) is 6.07 Å². The predicted octanol–water partition coefficient (Wildman–Crippen LogP) is -0.00870. The Morgan fingerprint density at radius 1 is 1.47 bits per heavy atom. The number of methoxy groups -OCH3 is 1. The molecule has 0 saturated carbocycles. The Bertz CT molecular complexity index is 598. The molecule has 0 aromatic carbocycles. The van der Waals surface area contributed by atoms with Gasteiger partial charge in [-0.15, -0.1) is 0 Å². The molecule has 0 atom stereocenters. The minimum atomic E-state index is -2.88. The fourth-order valence-corrected chi connectivity index (χ4v) is 1.24. The summed E-state index contributed by atoms with van der Waals surface area (Å²) in [5.74, 6) is -2.54. The molecule has 1 aromatic rings. The number of rotatable bonds is 3. The first-order valence-corrected chi connectivity index (χ1v) is 5.11. The largest absolute Gasteiger partial charge is 0.494 e. The van der Waals surface area contributed by atoms with Gasteiger partial charge in [0.1, 0.15) is 0 Å². The van der Waals surface area contributed by atoms with Gasteiger partial charge in [0.05, 0.1) is 12.7 Å². The van der Waals surface area contributed by atoms with Crippen LogP contribution in [-0.4, -0.2) is 37.5 Å². The number of hydrogen-bond donors (Lipinski definition) is 1. The van der Waals surface area contributed by atoms with E-state index in [4.69, 9.17) is 9.84 Å². The SMILES string of the molecule is COc1cc(C(=O)N=S(=O)=O)cnc1C(=O)O. The number of amides is 1. The molecular weight excluding hydrogens is 252 g/mol. The van der Waals surface area contributed by atoms with E-state index in [-0.39, 0.29) is 17.0 Å². The normalized spacial score (nSPS) is 9.47. The van der Waals surface area contributed by atoms with E-state index in [9.17, 15) is 18.0 Å². The highest BCUT2D eigenvalue weighted by Crippen LogP contribution is 2.17. The number of carbonyl (C=O) groups is 2. The maximum atomic E-state index is 11.2. The zero-order chi connectivity index (χ0) is 13.0. The van der Waals surface area contributed by atoms with E-state index in [2.05, 4.69) is 9.35 Å². The number of nitrogens with zero attached hydrogens (tertiary/aromatic N) is 2. The zero-order valence-electron chi connectivity index (χ0n) is 8.45. The third-order valence-electron chi connectivity index (χ3n) is 1.68. The van der Waals surface area contributed by atoms with Crippen molar-refractivity contribution < 1.29 is 27.9 Å². The predicted molar refractivity (Wildman–Crippen MR) is 53.4 cm³/mol. The zero-order valence-corrected chi connectivity index (χ0v) is 9.26. The Morgan fingerprint density at radius 3 is 2.59 bits per heavy atom. The molecule has 1 N–H and O–H groups in total. The number of aromatic carboxylic acids is 1. The fourth-order valence-electron chi connectivity index (χ4n) is 0.998. The Hall–Kier alpha value is -2.29. The van der Waals surface area contributed by atoms with Crippen LogP contribution in [-0.2, 0) is 10.5 Å². The van der Waals surface area contributed by atoms with Gasteiger partial charge in [-0.3, -0.25) is 4.79 Å². The summed E-state index contributed by atoms with van der Waals surface area (Å²) in [6, 6.07) is 1.05. The number of pyridine rings is 1. The van der Waals surface area contributed by atoms with Crippen LogP contribution in [0.2, 0.25) is 0 Å². The van der Waals surface area contributed by atoms with Crippen molar-refractivity contribution in [3.05, 3.63) is 23.5 Å². The topological polar surface area (TPSA) is 123 Å². The van der Waals surface area contributed by atoms with Crippen molar-refractivity contribution >= 4 is 22.4 Å². The van der Waals surface area contributed by atoms with Gasteiger partial charge >= 0.3 is 16.5 Å². The second-order valence-corrected chi connectivity index (χ2v) is 3.31. The smallest absolute Gasteiger partial charge is 0.358 e. The van der Waals surface area contributed by atoms with Crippen LogP contribution in [0.3, 0.4) is 0 Å². The second-order valence-electron chi connectivity index (χ2n) is 2.69. The maximum absolute atomic E-state index is 11.2. The highest BCUT2D eigenvalue weighted by atomic mass is 32.2. The molecule has 0 bridgehead atoms. The molecule has 0 aliphatic carbocycles. The minimum Gasteiger partial charge on any atom is -0.494 e. The first-order chi connectivity index (χ1) is 7.95. The summed E-state index contributed by atoms with van der Waals surface area (Å²) in [6.07, 6.45) is 0.907. The van der Waals surface area contributed by atoms with Gasteiger partial charge in [0.2, 0.25) is 0 Å². The van der Waals surface area contributed by atoms with Crippen LogP contribution in [0.1, 0.15) is 20.8 Å². The molecule has 17 heavy (non-hydrogen) atoms. The third-order valence-corrected chi connectivity index (χ3v) is 1.99. The third kappa shape index (κ3) is 3.08. The molecule has 1 rings (SSSR count). The highest BCUT2D eigenvalue weighted by Gasteiger charge is 2.16. The lowest BCUT2D eigenvalue weighted by Gasteiger charge is -2.04. The van der Waals surface area contributed by atoms with Gasteiger partial charge in [-0.1, -0.05) is 4.36 Å². The van der Waals surface area contributed by atoms with Gasteiger partial charge in [0.25, 0.3) is 5.91 Å². The molecule has 1 amide bonds. The minimum absolute atomic E-state index is 0.157. The van der Waals surface area contributed by atoms with E-state index in [1.54, 1.807) is 0 Å². The molecule has 1 heterocycles. The number of carboxylic acids is 1. The van der Waals surface area contributed by atoms with E-state index in [0.29, 0.717) is 0 Å². The monoisotopic (exact) mass is 258 g/mol. The van der Waals surface area contributed by atoms with Crippen molar-refractivity contribution in [2.45, 2.75) is 0 Å². The van der Waals surface area contributed by atoms with Crippen molar-refractivity contribution in [2.75, 3.05) is 7.11 Å². The molecule has 9 heteroatoms. The molecule has 0 spiro atoms. The Morgan fingerprint density at radius 2 is 2.12 bits per heavy atom. The van der Waals surface area contributed by atoms with Crippen LogP contribution < -0.4 is 4.74 Å². The lowest BCUT2D eigenvalue weighted by Crippen LogP contribution is -2.06. The number of carboxylic acid groups (broad SMARTS) is 1. The van der Waals surface area contributed by atoms with Gasteiger partial charge in [0.15, 0.2) is 11.4 Å². The summed E-state index contributed by atoms with van der Waals surface area (Å²) in [7, 11) is -1.68. The summed E-state index contributed by atoms with van der Waals surface area (Å²) in [5.41, 5.74) is -0.566. The van der Waals surface area contributed by atoms with Crippen LogP contribution >= 0.6 is 0 Å². The number of ether oxygens (including phenoxy) is 1. The first-order valence-electron chi connectivity index (χ1n) is 4.08. The van der Waals surface area contributed by atoms with E-state index in [1.165, 1.54) is 7.11 Å². The van der Waals surface area contributed by atoms with Crippen molar-refractivity contribution in [1.82, 2.24) is 4.98 Å². The van der Waals surface area contributed by atoms with Crippen LogP contribution in [0.4, 0.5) is 0 Å². The Balaban J connectivity index is 3.27. The standard InChI is InChI=1S/C8H6N2O6S/c1-16-5-2-4(7(11)10-17(14)15)3-9-6(5)8(12)13/h2-3H,1H3,(H,12,13). The average Bonchev–Trinajstić information content (AvgIpc) is 2.27. The highest BCUT2D eigenvalue weighted by molar-refractivity contribution is 7.62. The van der Waals surface area contributed by atoms with Crippen LogP contribution in [0.25, 0.3) is 0 Å². The molecule has 0 aliphatic heterocycles. The van der Waals surface area contributed by atoms with E-state index in [1.807, 2.05) is 0 Å². The summed E-state index contributed by atoms with van der Waals surface area (Å²) in [5, 5.41) is 8.72. The van der Waals surface area contributed by atoms with E-state index in [0.717, 1.165) is 12.3 Å². The van der Waals surface area contributed by atoms with Crippen LogP contribution in [0, 0.1) is 0 Å². The molecule has 0 saturated heterocycles. The molecule has 8 nitrogen and oxygen atoms in total. The molecule has 0 radical (unpaired) electrons. The van der Waals surface area contributed by atoms with Crippen molar-refractivity contribution in [1.29, 1.82) is 0 Å². The summed E-state index contributed by atoms with van der Waals surface area (Å²) < 4.78 is 27.8. The quantitative estimate of drug-likeness (QED) is 0.808. The average molecular weight is 258 g/mol. The van der Waals surface area contributed by atoms with E-state index < -0.39 is 22.4 Å². The maximum Gasteiger partial charge on any atom is 0.358 e. The summed E-state index contributed by atoms with van der Waals surface area (Å²) in [4.78, 5) is 25.4. The van der Waals surface area contributed by atoms with Gasteiger partial charge in [-0.25, -0.2) is 9.78 Å². The van der Waals surface area contributed by atoms with Crippen molar-refractivity contribution in [2.24, 2.45) is 4.36 Å². The van der Waals surface area contributed by atoms with Crippen LogP contribution in [0.15, 0.2) is 16.6 Å². The first kappa shape index (κ1) is 12.8. The molecule has 0 aliphatic rings. The van der Waals surface area contributed by atoms with Gasteiger partial charge in [-0.2, -0.15) is 8.42 Å². The van der Waals surface area contributed by atoms with Gasteiger partial charge in [0, 0.05) is 6.20 Å². The molecule has 0 fully saturated rings.